The van der Waals surface area contributed by atoms with Gasteiger partial charge in [-0.15, -0.1) is 0 Å². The zero-order valence-electron chi connectivity index (χ0n) is 10.1. The lowest BCUT2D eigenvalue weighted by Crippen LogP contribution is -2.21. The fourth-order valence-electron chi connectivity index (χ4n) is 0.990. The summed E-state index contributed by atoms with van der Waals surface area (Å²) in [6.45, 7) is 5.49. The van der Waals surface area contributed by atoms with Crippen molar-refractivity contribution in [1.29, 1.82) is 0 Å². The van der Waals surface area contributed by atoms with Gasteiger partial charge in [0.05, 0.1) is 0 Å². The van der Waals surface area contributed by atoms with E-state index in [1.165, 1.54) is 0 Å². The van der Waals surface area contributed by atoms with E-state index in [4.69, 9.17) is 9.84 Å². The Hall–Kier alpha value is -0.710. The number of thioether (sulfide) groups is 1. The van der Waals surface area contributed by atoms with Gasteiger partial charge in [-0.3, -0.25) is 4.79 Å². The van der Waals surface area contributed by atoms with Gasteiger partial charge in [0.15, 0.2) is 0 Å². The second kappa shape index (κ2) is 7.54. The van der Waals surface area contributed by atoms with Crippen molar-refractivity contribution in [3.8, 4) is 0 Å². The molecule has 0 aromatic heterocycles. The zero-order chi connectivity index (χ0) is 12.6. The molecule has 0 aliphatic carbocycles. The van der Waals surface area contributed by atoms with Crippen LogP contribution >= 0.6 is 11.8 Å². The van der Waals surface area contributed by atoms with Crippen LogP contribution in [-0.2, 0) is 9.53 Å². The van der Waals surface area contributed by atoms with Crippen LogP contribution in [-0.4, -0.2) is 27.7 Å². The molecule has 0 fully saturated rings. The van der Waals surface area contributed by atoms with Gasteiger partial charge in [-0.1, -0.05) is 6.42 Å². The molecule has 0 radical (unpaired) electrons. The highest BCUT2D eigenvalue weighted by Crippen LogP contribution is 2.16. The van der Waals surface area contributed by atoms with Crippen LogP contribution in [0, 0.1) is 0 Å². The minimum Gasteiger partial charge on any atom is -0.481 e. The molecular formula is C11H20O4S. The number of hydrogen-bond acceptors (Lipinski definition) is 4. The predicted molar refractivity (Wildman–Crippen MR) is 64.8 cm³/mol. The topological polar surface area (TPSA) is 63.6 Å². The lowest BCUT2D eigenvalue weighted by molar-refractivity contribution is -0.137. The molecule has 0 spiro atoms. The van der Waals surface area contributed by atoms with Crippen molar-refractivity contribution in [2.75, 3.05) is 5.75 Å². The standard InChI is InChI=1S/C11H20O4S/c1-11(2,3)15-10(14)16-8-6-4-5-7-9(12)13/h4-8H2,1-3H3,(H,12,13). The van der Waals surface area contributed by atoms with Gasteiger partial charge >= 0.3 is 11.3 Å². The fraction of sp³-hybridized carbons (Fsp3) is 0.818. The molecule has 0 rings (SSSR count). The van der Waals surface area contributed by atoms with E-state index in [1.54, 1.807) is 0 Å². The van der Waals surface area contributed by atoms with Gasteiger partial charge in [0, 0.05) is 12.2 Å². The molecule has 5 heteroatoms. The van der Waals surface area contributed by atoms with Gasteiger partial charge in [0.1, 0.15) is 5.60 Å². The smallest absolute Gasteiger partial charge is 0.367 e. The first-order valence-electron chi connectivity index (χ1n) is 5.39. The third-order valence-corrected chi connectivity index (χ3v) is 2.46. The summed E-state index contributed by atoms with van der Waals surface area (Å²) in [6.07, 6.45) is 2.56. The predicted octanol–water partition coefficient (Wildman–Crippen LogP) is 3.30. The summed E-state index contributed by atoms with van der Waals surface area (Å²) in [5.74, 6) is -0.0751. The van der Waals surface area contributed by atoms with E-state index in [0.717, 1.165) is 24.6 Å². The van der Waals surface area contributed by atoms with Gasteiger partial charge in [-0.2, -0.15) is 0 Å². The largest absolute Gasteiger partial charge is 0.481 e. The number of unbranched alkanes of at least 4 members (excludes halogenated alkanes) is 2. The van der Waals surface area contributed by atoms with Crippen LogP contribution in [0.2, 0.25) is 0 Å². The summed E-state index contributed by atoms with van der Waals surface area (Å²) in [5.41, 5.74) is -0.437. The average molecular weight is 248 g/mol. The first-order chi connectivity index (χ1) is 7.31. The lowest BCUT2D eigenvalue weighted by Gasteiger charge is -2.18. The van der Waals surface area contributed by atoms with Crippen molar-refractivity contribution < 1.29 is 19.4 Å². The Labute approximate surface area is 101 Å². The van der Waals surface area contributed by atoms with Crippen molar-refractivity contribution in [3.05, 3.63) is 0 Å². The minimum atomic E-state index is -0.764. The molecule has 0 amide bonds. The van der Waals surface area contributed by atoms with E-state index in [9.17, 15) is 9.59 Å². The highest BCUT2D eigenvalue weighted by Gasteiger charge is 2.16. The van der Waals surface area contributed by atoms with Crippen LogP contribution in [0.4, 0.5) is 4.79 Å². The van der Waals surface area contributed by atoms with Crippen LogP contribution in [0.25, 0.3) is 0 Å². The normalized spacial score (nSPS) is 11.2. The van der Waals surface area contributed by atoms with Gasteiger partial charge in [0.2, 0.25) is 0 Å². The van der Waals surface area contributed by atoms with Crippen molar-refractivity contribution >= 4 is 23.0 Å². The molecule has 0 unspecified atom stereocenters. The maximum absolute atomic E-state index is 11.2. The average Bonchev–Trinajstić information content (AvgIpc) is 2.07. The number of carbonyl (C=O) groups is 2. The molecule has 0 saturated carbocycles. The number of ether oxygens (including phenoxy) is 1. The molecule has 0 atom stereocenters. The SMILES string of the molecule is CC(C)(C)OC(=O)SCCCCCC(=O)O. The zero-order valence-corrected chi connectivity index (χ0v) is 10.9. The van der Waals surface area contributed by atoms with Crippen LogP contribution < -0.4 is 0 Å². The Bertz CT molecular complexity index is 233. The molecule has 94 valence electrons. The maximum Gasteiger partial charge on any atom is 0.367 e. The first kappa shape index (κ1) is 15.3. The van der Waals surface area contributed by atoms with Crippen molar-refractivity contribution in [2.24, 2.45) is 0 Å². The fourth-order valence-corrected chi connectivity index (χ4v) is 1.81. The Morgan fingerprint density at radius 2 is 1.81 bits per heavy atom. The van der Waals surface area contributed by atoms with E-state index >= 15 is 0 Å². The number of hydrogen-bond donors (Lipinski definition) is 1. The van der Waals surface area contributed by atoms with Crippen molar-refractivity contribution in [1.82, 2.24) is 0 Å². The van der Waals surface area contributed by atoms with Crippen LogP contribution in [0.5, 0.6) is 0 Å². The Balaban J connectivity index is 3.38. The van der Waals surface area contributed by atoms with Crippen molar-refractivity contribution in [3.63, 3.8) is 0 Å². The molecule has 0 aliphatic rings. The van der Waals surface area contributed by atoms with Crippen LogP contribution in [0.15, 0.2) is 0 Å². The first-order valence-corrected chi connectivity index (χ1v) is 6.37. The second-order valence-electron chi connectivity index (χ2n) is 4.52. The second-order valence-corrected chi connectivity index (χ2v) is 5.55. The monoisotopic (exact) mass is 248 g/mol. The maximum atomic E-state index is 11.2. The molecule has 0 aromatic carbocycles. The number of carboxylic acid groups (broad SMARTS) is 1. The lowest BCUT2D eigenvalue weighted by atomic mass is 10.2. The van der Waals surface area contributed by atoms with E-state index in [2.05, 4.69) is 0 Å². The third-order valence-electron chi connectivity index (χ3n) is 1.64. The molecule has 0 saturated heterocycles. The molecule has 4 nitrogen and oxygen atoms in total. The Morgan fingerprint density at radius 1 is 1.19 bits per heavy atom. The molecule has 1 N–H and O–H groups in total. The number of rotatable bonds is 6. The van der Waals surface area contributed by atoms with E-state index < -0.39 is 11.6 Å². The summed E-state index contributed by atoms with van der Waals surface area (Å²) in [5, 5.41) is 8.15. The molecular weight excluding hydrogens is 228 g/mol. The van der Waals surface area contributed by atoms with Crippen LogP contribution in [0.3, 0.4) is 0 Å². The summed E-state index contributed by atoms with van der Waals surface area (Å²) in [7, 11) is 0. The third kappa shape index (κ3) is 11.4. The summed E-state index contributed by atoms with van der Waals surface area (Å²) in [6, 6.07) is 0. The molecule has 0 heterocycles. The van der Waals surface area contributed by atoms with Gasteiger partial charge in [-0.05, 0) is 45.4 Å². The summed E-state index contributed by atoms with van der Waals surface area (Å²) >= 11 is 1.15. The minimum absolute atomic E-state index is 0.205. The van der Waals surface area contributed by atoms with E-state index in [-0.39, 0.29) is 11.7 Å². The molecule has 0 aromatic rings. The molecule has 16 heavy (non-hydrogen) atoms. The Kier molecular flexibility index (Phi) is 7.21. The number of carbonyl (C=O) groups excluding carboxylic acids is 1. The molecule has 0 aliphatic heterocycles. The summed E-state index contributed by atoms with van der Waals surface area (Å²) in [4.78, 5) is 21.5. The highest BCUT2D eigenvalue weighted by atomic mass is 32.2. The quantitative estimate of drug-likeness (QED) is 0.577. The van der Waals surface area contributed by atoms with Gasteiger partial charge < -0.3 is 9.84 Å². The molecule has 0 bridgehead atoms. The summed E-state index contributed by atoms with van der Waals surface area (Å²) < 4.78 is 5.11. The van der Waals surface area contributed by atoms with E-state index in [1.807, 2.05) is 20.8 Å². The van der Waals surface area contributed by atoms with Gasteiger partial charge in [-0.25, -0.2) is 4.79 Å². The van der Waals surface area contributed by atoms with Crippen LogP contribution in [0.1, 0.15) is 46.5 Å². The van der Waals surface area contributed by atoms with E-state index in [0.29, 0.717) is 12.2 Å². The number of carboxylic acids is 1. The number of aliphatic carboxylic acids is 1. The Morgan fingerprint density at radius 3 is 2.31 bits per heavy atom. The van der Waals surface area contributed by atoms with Crippen molar-refractivity contribution in [2.45, 2.75) is 52.1 Å². The van der Waals surface area contributed by atoms with Gasteiger partial charge in [0.25, 0.3) is 0 Å². The highest BCUT2D eigenvalue weighted by molar-refractivity contribution is 8.13.